The van der Waals surface area contributed by atoms with Crippen LogP contribution in [0.3, 0.4) is 0 Å². The number of carbonyl (C=O) groups excluding carboxylic acids is 1. The minimum atomic E-state index is -4.30. The Balaban J connectivity index is 1.85. The number of nitrogens with zero attached hydrogens (tertiary/aromatic N) is 3. The van der Waals surface area contributed by atoms with Crippen LogP contribution in [0.1, 0.15) is 66.6 Å². The van der Waals surface area contributed by atoms with E-state index in [-0.39, 0.29) is 55.8 Å². The molecule has 0 radical (unpaired) electrons. The maximum atomic E-state index is 13.1. The lowest BCUT2D eigenvalue weighted by atomic mass is 9.84. The first-order valence-corrected chi connectivity index (χ1v) is 14.1. The van der Waals surface area contributed by atoms with Crippen molar-refractivity contribution >= 4 is 15.7 Å². The Hall–Kier alpha value is -3.11. The predicted octanol–water partition coefficient (Wildman–Crippen LogP) is 3.26. The molecule has 2 aromatic rings. The van der Waals surface area contributed by atoms with E-state index in [1.54, 1.807) is 6.92 Å². The maximum Gasteiger partial charge on any atom is 0.389 e. The zero-order valence-electron chi connectivity index (χ0n) is 21.4. The molecule has 1 heterocycles. The molecule has 2 N–H and O–H groups in total. The lowest BCUT2D eigenvalue weighted by Crippen LogP contribution is -2.47. The van der Waals surface area contributed by atoms with Crippen LogP contribution in [-0.4, -0.2) is 65.9 Å². The Morgan fingerprint density at radius 3 is 2.53 bits per heavy atom. The molecule has 3 rings (SSSR count). The fourth-order valence-corrected chi connectivity index (χ4v) is 5.73. The molecule has 0 unspecified atom stereocenters. The molecule has 0 saturated heterocycles. The second kappa shape index (κ2) is 11.3. The highest BCUT2D eigenvalue weighted by atomic mass is 32.2. The number of nitrogens with one attached hydrogen (secondary N) is 1. The van der Waals surface area contributed by atoms with Gasteiger partial charge in [0.1, 0.15) is 27.5 Å². The molecule has 1 fully saturated rings. The van der Waals surface area contributed by atoms with E-state index in [1.807, 2.05) is 6.07 Å². The van der Waals surface area contributed by atoms with Crippen molar-refractivity contribution in [1.82, 2.24) is 14.9 Å². The van der Waals surface area contributed by atoms with Gasteiger partial charge >= 0.3 is 6.18 Å². The average Bonchev–Trinajstić information content (AvgIpc) is 3.23. The van der Waals surface area contributed by atoms with Gasteiger partial charge in [0.2, 0.25) is 0 Å². The number of aryl methyl sites for hydroxylation is 2. The first kappa shape index (κ1) is 29.4. The summed E-state index contributed by atoms with van der Waals surface area (Å²) in [6, 6.07) is 6.48. The van der Waals surface area contributed by atoms with E-state index in [0.29, 0.717) is 23.5 Å². The smallest absolute Gasteiger partial charge is 0.389 e. The summed E-state index contributed by atoms with van der Waals surface area (Å²) in [7, 11) is -1.86. The normalized spacial score (nSPS) is 20.1. The van der Waals surface area contributed by atoms with Gasteiger partial charge in [-0.05, 0) is 49.8 Å². The summed E-state index contributed by atoms with van der Waals surface area (Å²) >= 11 is 0. The molecule has 208 valence electrons. The molecule has 0 atom stereocenters. The van der Waals surface area contributed by atoms with Crippen molar-refractivity contribution in [2.45, 2.75) is 68.9 Å². The largest absolute Gasteiger partial charge is 0.495 e. The number of nitriles is 1. The quantitative estimate of drug-likeness (QED) is 0.484. The van der Waals surface area contributed by atoms with E-state index in [4.69, 9.17) is 4.74 Å². The molecule has 1 saturated carbocycles. The number of hydrogen-bond acceptors (Lipinski definition) is 7. The van der Waals surface area contributed by atoms with Gasteiger partial charge in [-0.15, -0.1) is 0 Å². The van der Waals surface area contributed by atoms with E-state index in [9.17, 15) is 36.8 Å². The first-order chi connectivity index (χ1) is 17.7. The van der Waals surface area contributed by atoms with Crippen LogP contribution in [0.4, 0.5) is 13.2 Å². The zero-order valence-corrected chi connectivity index (χ0v) is 22.2. The number of benzene rings is 1. The van der Waals surface area contributed by atoms with Crippen LogP contribution in [0.5, 0.6) is 5.75 Å². The number of ether oxygens (including phenoxy) is 1. The summed E-state index contributed by atoms with van der Waals surface area (Å²) in [6.07, 6.45) is -3.08. The van der Waals surface area contributed by atoms with Gasteiger partial charge in [0.25, 0.3) is 5.91 Å². The van der Waals surface area contributed by atoms with Gasteiger partial charge in [-0.25, -0.2) is 13.4 Å². The Morgan fingerprint density at radius 2 is 2.00 bits per heavy atom. The summed E-state index contributed by atoms with van der Waals surface area (Å²) in [4.78, 5) is 17.4. The number of hydrogen-bond donors (Lipinski definition) is 2. The Bertz CT molecular complexity index is 1320. The van der Waals surface area contributed by atoms with E-state index in [2.05, 4.69) is 10.3 Å². The molecule has 1 aliphatic rings. The lowest BCUT2D eigenvalue weighted by Gasteiger charge is -2.35. The van der Waals surface area contributed by atoms with Crippen molar-refractivity contribution in [3.63, 3.8) is 0 Å². The van der Waals surface area contributed by atoms with Crippen LogP contribution in [0.2, 0.25) is 0 Å². The molecule has 1 amide bonds. The molecular weight excluding hydrogens is 525 g/mol. The molecule has 1 aromatic carbocycles. The Labute approximate surface area is 219 Å². The third-order valence-electron chi connectivity index (χ3n) is 6.81. The number of halogens is 3. The lowest BCUT2D eigenvalue weighted by molar-refractivity contribution is -0.134. The van der Waals surface area contributed by atoms with Crippen molar-refractivity contribution in [1.29, 1.82) is 5.26 Å². The van der Waals surface area contributed by atoms with Gasteiger partial charge in [-0.1, -0.05) is 13.0 Å². The van der Waals surface area contributed by atoms with Crippen LogP contribution in [-0.2, 0) is 22.7 Å². The van der Waals surface area contributed by atoms with E-state index in [0.717, 1.165) is 0 Å². The van der Waals surface area contributed by atoms with Gasteiger partial charge in [0.15, 0.2) is 11.4 Å². The molecule has 9 nitrogen and oxygen atoms in total. The van der Waals surface area contributed by atoms with Crippen molar-refractivity contribution in [2.75, 3.05) is 19.9 Å². The predicted molar refractivity (Wildman–Crippen MR) is 133 cm³/mol. The van der Waals surface area contributed by atoms with Crippen molar-refractivity contribution < 1.29 is 36.2 Å². The summed E-state index contributed by atoms with van der Waals surface area (Å²) in [5, 5.41) is 22.9. The van der Waals surface area contributed by atoms with Crippen LogP contribution >= 0.6 is 0 Å². The number of imidazole rings is 1. The van der Waals surface area contributed by atoms with Gasteiger partial charge in [0, 0.05) is 25.6 Å². The van der Waals surface area contributed by atoms with Crippen LogP contribution < -0.4 is 10.1 Å². The van der Waals surface area contributed by atoms with Crippen molar-refractivity contribution in [3.8, 4) is 17.5 Å². The standard InChI is InChI=1S/C25H31F3N4O5S/c1-4-21-31-22(23(33)30-15-24(34)10-8-17(9-11-24)38(3,35)36)19(14-29)32(21)18-6-5-16(13-20(18)37-2)7-12-25(26,27)28/h5-6,13,17,34H,4,7-12,15H2,1-3H3,(H,30,33). The highest BCUT2D eigenvalue weighted by molar-refractivity contribution is 7.91. The first-order valence-electron chi connectivity index (χ1n) is 12.2. The van der Waals surface area contributed by atoms with Crippen LogP contribution in [0.15, 0.2) is 18.2 Å². The monoisotopic (exact) mass is 556 g/mol. The number of alkyl halides is 3. The number of aliphatic hydroxyl groups is 1. The minimum absolute atomic E-state index is 0.0894. The number of methoxy groups -OCH3 is 1. The van der Waals surface area contributed by atoms with Crippen molar-refractivity contribution in [2.24, 2.45) is 0 Å². The molecule has 0 bridgehead atoms. The molecule has 1 aromatic heterocycles. The minimum Gasteiger partial charge on any atom is -0.495 e. The molecule has 38 heavy (non-hydrogen) atoms. The van der Waals surface area contributed by atoms with E-state index in [1.165, 1.54) is 36.1 Å². The third-order valence-corrected chi connectivity index (χ3v) is 8.50. The number of amides is 1. The van der Waals surface area contributed by atoms with Gasteiger partial charge in [-0.2, -0.15) is 18.4 Å². The van der Waals surface area contributed by atoms with Crippen molar-refractivity contribution in [3.05, 3.63) is 41.0 Å². The topological polar surface area (TPSA) is 134 Å². The third kappa shape index (κ3) is 6.85. The molecular formula is C25H31F3N4O5S. The molecule has 13 heteroatoms. The SMILES string of the molecule is CCc1nc(C(=O)NCC2(O)CCC(S(C)(=O)=O)CC2)c(C#N)n1-c1ccc(CCC(F)(F)F)cc1OC. The summed E-state index contributed by atoms with van der Waals surface area (Å²) < 4.78 is 68.4. The van der Waals surface area contributed by atoms with Gasteiger partial charge in [-0.3, -0.25) is 9.36 Å². The average molecular weight is 557 g/mol. The summed E-state index contributed by atoms with van der Waals surface area (Å²) in [5.74, 6) is -0.105. The highest BCUT2D eigenvalue weighted by Crippen LogP contribution is 2.32. The summed E-state index contributed by atoms with van der Waals surface area (Å²) in [5.41, 5.74) is -0.790. The Morgan fingerprint density at radius 1 is 1.34 bits per heavy atom. The van der Waals surface area contributed by atoms with Gasteiger partial charge in [0.05, 0.1) is 23.6 Å². The number of aromatic nitrogens is 2. The maximum absolute atomic E-state index is 13.1. The summed E-state index contributed by atoms with van der Waals surface area (Å²) in [6.45, 7) is 1.63. The second-order valence-corrected chi connectivity index (χ2v) is 11.9. The van der Waals surface area contributed by atoms with Crippen LogP contribution in [0.25, 0.3) is 5.69 Å². The highest BCUT2D eigenvalue weighted by Gasteiger charge is 2.37. The Kier molecular flexibility index (Phi) is 8.78. The number of sulfone groups is 1. The van der Waals surface area contributed by atoms with E-state index >= 15 is 0 Å². The fraction of sp³-hybridized carbons (Fsp3) is 0.560. The number of rotatable bonds is 9. The van der Waals surface area contributed by atoms with E-state index < -0.39 is 39.2 Å². The zero-order chi connectivity index (χ0) is 28.3. The second-order valence-electron chi connectivity index (χ2n) is 9.58. The molecule has 1 aliphatic carbocycles. The van der Waals surface area contributed by atoms with Crippen LogP contribution in [0, 0.1) is 11.3 Å². The van der Waals surface area contributed by atoms with Gasteiger partial charge < -0.3 is 15.2 Å². The molecule has 0 aliphatic heterocycles. The molecule has 0 spiro atoms. The fourth-order valence-electron chi connectivity index (χ4n) is 4.64. The number of carbonyl (C=O) groups is 1.